The number of hydrogen-bond donors (Lipinski definition) is 0. The first kappa shape index (κ1) is 37.8. The largest absolute Gasteiger partial charge is 0.435 e. The summed E-state index contributed by atoms with van der Waals surface area (Å²) in [5, 5.41) is 2.42. The third kappa shape index (κ3) is 7.75. The molecular formula is C58H46N2O. The van der Waals surface area contributed by atoms with Crippen LogP contribution in [0, 0.1) is 5.41 Å². The molecule has 3 heteroatoms. The van der Waals surface area contributed by atoms with Crippen molar-refractivity contribution in [1.82, 2.24) is 4.98 Å². The number of benzene rings is 9. The van der Waals surface area contributed by atoms with Gasteiger partial charge in [0.2, 0.25) is 5.89 Å². The Morgan fingerprint density at radius 3 is 1.64 bits per heavy atom. The van der Waals surface area contributed by atoms with Gasteiger partial charge in [0.25, 0.3) is 0 Å². The van der Waals surface area contributed by atoms with Gasteiger partial charge in [-0.3, -0.25) is 0 Å². The van der Waals surface area contributed by atoms with Crippen LogP contribution in [-0.4, -0.2) is 4.98 Å². The minimum absolute atomic E-state index is 0.148. The fourth-order valence-corrected chi connectivity index (χ4v) is 8.60. The van der Waals surface area contributed by atoms with E-state index in [1.165, 1.54) is 44.2 Å². The molecule has 10 aromatic rings. The highest BCUT2D eigenvalue weighted by atomic mass is 16.3. The summed E-state index contributed by atoms with van der Waals surface area (Å²) in [6.07, 6.45) is 0.978. The van der Waals surface area contributed by atoms with Crippen LogP contribution in [0.4, 0.5) is 17.1 Å². The molecule has 0 saturated carbocycles. The summed E-state index contributed by atoms with van der Waals surface area (Å²) in [5.74, 6) is 0.613. The van der Waals surface area contributed by atoms with E-state index in [0.29, 0.717) is 5.89 Å². The molecule has 0 aliphatic heterocycles. The predicted molar refractivity (Wildman–Crippen MR) is 257 cm³/mol. The molecule has 0 aliphatic rings. The average molecular weight is 787 g/mol. The van der Waals surface area contributed by atoms with E-state index in [1.54, 1.807) is 0 Å². The first-order valence-electron chi connectivity index (χ1n) is 21.1. The van der Waals surface area contributed by atoms with E-state index in [0.717, 1.165) is 56.8 Å². The molecular weight excluding hydrogens is 741 g/mol. The summed E-state index contributed by atoms with van der Waals surface area (Å²) in [7, 11) is 0. The lowest BCUT2D eigenvalue weighted by molar-refractivity contribution is 0.411. The molecule has 294 valence electrons. The molecule has 0 spiro atoms. The fraction of sp³-hybridized carbons (Fsp3) is 0.0862. The number of hydrogen-bond acceptors (Lipinski definition) is 3. The number of fused-ring (bicyclic) bond motifs is 2. The summed E-state index contributed by atoms with van der Waals surface area (Å²) >= 11 is 0. The second kappa shape index (κ2) is 15.9. The van der Waals surface area contributed by atoms with Crippen molar-refractivity contribution in [2.45, 2.75) is 27.2 Å². The Kier molecular flexibility index (Phi) is 9.86. The van der Waals surface area contributed by atoms with Gasteiger partial charge in [0, 0.05) is 28.2 Å². The van der Waals surface area contributed by atoms with Crippen molar-refractivity contribution >= 4 is 38.9 Å². The third-order valence-electron chi connectivity index (χ3n) is 11.4. The quantitative estimate of drug-likeness (QED) is 0.146. The SMILES string of the molecule is CC(C)(C)Cc1ccc(-c2ccc(N(c3ccccc3)c3ccccc3)cc2)c(-c2ccccc2-c2ccc(-c3nc4cccc(-c5ccc6ccccc6c5)c4o3)cc2)c1. The van der Waals surface area contributed by atoms with Gasteiger partial charge < -0.3 is 9.32 Å². The van der Waals surface area contributed by atoms with E-state index in [9.17, 15) is 0 Å². The molecule has 0 bridgehead atoms. The monoisotopic (exact) mass is 786 g/mol. The van der Waals surface area contributed by atoms with E-state index in [2.05, 4.69) is 232 Å². The van der Waals surface area contributed by atoms with Crippen LogP contribution in [0.3, 0.4) is 0 Å². The molecule has 0 unspecified atom stereocenters. The van der Waals surface area contributed by atoms with Gasteiger partial charge in [-0.25, -0.2) is 4.98 Å². The lowest BCUT2D eigenvalue weighted by atomic mass is 9.84. The Bertz CT molecular complexity index is 3080. The second-order valence-corrected chi connectivity index (χ2v) is 17.0. The lowest BCUT2D eigenvalue weighted by Crippen LogP contribution is -2.09. The molecule has 0 atom stereocenters. The van der Waals surface area contributed by atoms with E-state index >= 15 is 0 Å². The predicted octanol–water partition coefficient (Wildman–Crippen LogP) is 16.4. The smallest absolute Gasteiger partial charge is 0.227 e. The Labute approximate surface area is 358 Å². The highest BCUT2D eigenvalue weighted by molar-refractivity contribution is 5.96. The Morgan fingerprint density at radius 1 is 0.410 bits per heavy atom. The maximum atomic E-state index is 6.57. The molecule has 0 amide bonds. The van der Waals surface area contributed by atoms with E-state index in [1.807, 2.05) is 6.07 Å². The van der Waals surface area contributed by atoms with Gasteiger partial charge in [0.1, 0.15) is 5.52 Å². The van der Waals surface area contributed by atoms with Gasteiger partial charge in [0.05, 0.1) is 0 Å². The van der Waals surface area contributed by atoms with Gasteiger partial charge in [-0.2, -0.15) is 0 Å². The maximum Gasteiger partial charge on any atom is 0.227 e. The molecule has 0 N–H and O–H groups in total. The zero-order chi connectivity index (χ0) is 41.3. The summed E-state index contributed by atoms with van der Waals surface area (Å²) in [6, 6.07) is 75.8. The minimum Gasteiger partial charge on any atom is -0.435 e. The first-order valence-corrected chi connectivity index (χ1v) is 21.1. The van der Waals surface area contributed by atoms with Gasteiger partial charge in [-0.15, -0.1) is 0 Å². The van der Waals surface area contributed by atoms with Gasteiger partial charge in [0.15, 0.2) is 5.58 Å². The number of oxazole rings is 1. The van der Waals surface area contributed by atoms with E-state index in [-0.39, 0.29) is 5.41 Å². The number of anilines is 3. The van der Waals surface area contributed by atoms with Crippen LogP contribution in [0.5, 0.6) is 0 Å². The number of para-hydroxylation sites is 3. The highest BCUT2D eigenvalue weighted by Gasteiger charge is 2.19. The van der Waals surface area contributed by atoms with Crippen molar-refractivity contribution < 1.29 is 4.42 Å². The Morgan fingerprint density at radius 2 is 0.951 bits per heavy atom. The van der Waals surface area contributed by atoms with Crippen molar-refractivity contribution in [2.75, 3.05) is 4.90 Å². The topological polar surface area (TPSA) is 29.3 Å². The molecule has 9 aromatic carbocycles. The molecule has 0 saturated heterocycles. The van der Waals surface area contributed by atoms with Gasteiger partial charge in [-0.1, -0.05) is 172 Å². The summed E-state index contributed by atoms with van der Waals surface area (Å²) < 4.78 is 6.57. The Balaban J connectivity index is 1.01. The third-order valence-corrected chi connectivity index (χ3v) is 11.4. The second-order valence-electron chi connectivity index (χ2n) is 17.0. The van der Waals surface area contributed by atoms with Gasteiger partial charge in [-0.05, 0) is 128 Å². The summed E-state index contributed by atoms with van der Waals surface area (Å²) in [4.78, 5) is 7.27. The molecule has 0 radical (unpaired) electrons. The zero-order valence-electron chi connectivity index (χ0n) is 34.7. The normalized spacial score (nSPS) is 11.6. The Hall–Kier alpha value is -7.49. The fourth-order valence-electron chi connectivity index (χ4n) is 8.60. The highest BCUT2D eigenvalue weighted by Crippen LogP contribution is 2.42. The van der Waals surface area contributed by atoms with Crippen LogP contribution in [0.1, 0.15) is 26.3 Å². The van der Waals surface area contributed by atoms with Crippen molar-refractivity contribution in [3.8, 4) is 56.0 Å². The van der Waals surface area contributed by atoms with Crippen LogP contribution < -0.4 is 4.90 Å². The molecule has 10 rings (SSSR count). The zero-order valence-corrected chi connectivity index (χ0v) is 34.7. The number of rotatable bonds is 9. The molecule has 61 heavy (non-hydrogen) atoms. The van der Waals surface area contributed by atoms with Crippen LogP contribution in [-0.2, 0) is 6.42 Å². The number of nitrogens with zero attached hydrogens (tertiary/aromatic N) is 2. The van der Waals surface area contributed by atoms with E-state index < -0.39 is 0 Å². The van der Waals surface area contributed by atoms with Crippen molar-refractivity contribution in [1.29, 1.82) is 0 Å². The molecule has 3 nitrogen and oxygen atoms in total. The van der Waals surface area contributed by atoms with Gasteiger partial charge >= 0.3 is 0 Å². The lowest BCUT2D eigenvalue weighted by Gasteiger charge is -2.26. The number of aromatic nitrogens is 1. The summed E-state index contributed by atoms with van der Waals surface area (Å²) in [6.45, 7) is 6.92. The van der Waals surface area contributed by atoms with Crippen molar-refractivity contribution in [3.63, 3.8) is 0 Å². The molecule has 1 heterocycles. The first-order chi connectivity index (χ1) is 29.8. The van der Waals surface area contributed by atoms with Crippen LogP contribution in [0.15, 0.2) is 217 Å². The maximum absolute atomic E-state index is 6.57. The minimum atomic E-state index is 0.148. The van der Waals surface area contributed by atoms with Crippen LogP contribution >= 0.6 is 0 Å². The van der Waals surface area contributed by atoms with Crippen LogP contribution in [0.2, 0.25) is 0 Å². The van der Waals surface area contributed by atoms with Crippen molar-refractivity contribution in [3.05, 3.63) is 218 Å². The summed E-state index contributed by atoms with van der Waals surface area (Å²) in [5.41, 5.74) is 16.7. The standard InChI is InChI=1S/C58H46N2O/c1-58(2,3)39-40-25-36-51(43-32-34-49(35-33-43)60(47-17-6-4-7-18-47)48-19-8-5-9-20-48)54(37-40)53-22-13-12-21-50(53)42-27-29-44(30-28-42)57-59-55-24-14-23-52(56(55)61-57)46-31-26-41-15-10-11-16-45(41)38-46/h4-38H,39H2,1-3H3. The molecule has 1 aromatic heterocycles. The van der Waals surface area contributed by atoms with Crippen molar-refractivity contribution in [2.24, 2.45) is 5.41 Å². The molecule has 0 fully saturated rings. The average Bonchev–Trinajstić information content (AvgIpc) is 3.75. The van der Waals surface area contributed by atoms with E-state index in [4.69, 9.17) is 9.40 Å². The molecule has 0 aliphatic carbocycles. The van der Waals surface area contributed by atoms with Crippen LogP contribution in [0.25, 0.3) is 77.8 Å².